The molecular formula is C26H26N4O3. The SMILES string of the molecule is Cc1ccc(Oc2nc3ccccn3c(=O)c2/C=C(\C#N)C(=O)NC2CCCCC2)c(C)c1. The Bertz CT molecular complexity index is 1330. The summed E-state index contributed by atoms with van der Waals surface area (Å²) in [5.74, 6) is 0.114. The Morgan fingerprint density at radius 1 is 1.21 bits per heavy atom. The number of pyridine rings is 1. The number of aromatic nitrogens is 2. The zero-order valence-electron chi connectivity index (χ0n) is 18.8. The second-order valence-corrected chi connectivity index (χ2v) is 8.41. The number of ether oxygens (including phenoxy) is 1. The minimum absolute atomic E-state index is 0.0461. The van der Waals surface area contributed by atoms with Gasteiger partial charge < -0.3 is 10.1 Å². The van der Waals surface area contributed by atoms with Crippen molar-refractivity contribution in [1.29, 1.82) is 5.26 Å². The van der Waals surface area contributed by atoms with Crippen LogP contribution in [-0.4, -0.2) is 21.3 Å². The molecule has 0 saturated heterocycles. The van der Waals surface area contributed by atoms with Gasteiger partial charge >= 0.3 is 0 Å². The third-order valence-electron chi connectivity index (χ3n) is 5.87. The highest BCUT2D eigenvalue weighted by Crippen LogP contribution is 2.27. The molecule has 3 aromatic rings. The summed E-state index contributed by atoms with van der Waals surface area (Å²) in [4.78, 5) is 30.6. The first kappa shape index (κ1) is 22.3. The van der Waals surface area contributed by atoms with Crippen molar-refractivity contribution in [2.75, 3.05) is 0 Å². The van der Waals surface area contributed by atoms with Gasteiger partial charge in [-0.3, -0.25) is 14.0 Å². The summed E-state index contributed by atoms with van der Waals surface area (Å²) in [6.07, 6.45) is 7.94. The maximum absolute atomic E-state index is 13.3. The molecule has 1 aliphatic rings. The van der Waals surface area contributed by atoms with Gasteiger partial charge in [-0.1, -0.05) is 43.0 Å². The van der Waals surface area contributed by atoms with Crippen molar-refractivity contribution >= 4 is 17.6 Å². The summed E-state index contributed by atoms with van der Waals surface area (Å²) in [6.45, 7) is 3.89. The Kier molecular flexibility index (Phi) is 6.55. The highest BCUT2D eigenvalue weighted by Gasteiger charge is 2.21. The third-order valence-corrected chi connectivity index (χ3v) is 5.87. The Hall–Kier alpha value is -3.92. The number of benzene rings is 1. The summed E-state index contributed by atoms with van der Waals surface area (Å²) < 4.78 is 7.42. The van der Waals surface area contributed by atoms with Crippen LogP contribution in [0.4, 0.5) is 0 Å². The van der Waals surface area contributed by atoms with E-state index in [1.807, 2.05) is 38.1 Å². The molecule has 1 amide bonds. The van der Waals surface area contributed by atoms with Gasteiger partial charge in [0.1, 0.15) is 28.6 Å². The summed E-state index contributed by atoms with van der Waals surface area (Å²) in [5.41, 5.74) is 1.85. The molecular weight excluding hydrogens is 416 g/mol. The molecule has 0 spiro atoms. The van der Waals surface area contributed by atoms with Crippen molar-refractivity contribution in [3.63, 3.8) is 0 Å². The Labute approximate surface area is 192 Å². The number of rotatable bonds is 5. The van der Waals surface area contributed by atoms with E-state index in [9.17, 15) is 14.9 Å². The van der Waals surface area contributed by atoms with E-state index in [1.165, 1.54) is 10.5 Å². The number of amides is 1. The molecule has 2 heterocycles. The van der Waals surface area contributed by atoms with E-state index in [1.54, 1.807) is 24.4 Å². The maximum atomic E-state index is 13.3. The third kappa shape index (κ3) is 4.96. The van der Waals surface area contributed by atoms with Crippen LogP contribution in [0.1, 0.15) is 48.8 Å². The number of carbonyl (C=O) groups excluding carboxylic acids is 1. The number of nitrogens with zero attached hydrogens (tertiary/aromatic N) is 3. The lowest BCUT2D eigenvalue weighted by molar-refractivity contribution is -0.117. The molecule has 0 unspecified atom stereocenters. The van der Waals surface area contributed by atoms with E-state index in [4.69, 9.17) is 4.74 Å². The van der Waals surface area contributed by atoms with Crippen LogP contribution in [0.15, 0.2) is 53.0 Å². The van der Waals surface area contributed by atoms with Gasteiger partial charge in [-0.05, 0) is 56.5 Å². The summed E-state index contributed by atoms with van der Waals surface area (Å²) in [7, 11) is 0. The lowest BCUT2D eigenvalue weighted by Gasteiger charge is -2.22. The Morgan fingerprint density at radius 2 is 2.00 bits per heavy atom. The van der Waals surface area contributed by atoms with E-state index in [0.717, 1.165) is 43.2 Å². The van der Waals surface area contributed by atoms with Crippen molar-refractivity contribution in [2.24, 2.45) is 0 Å². The molecule has 4 rings (SSSR count). The summed E-state index contributed by atoms with van der Waals surface area (Å²) in [6, 6.07) is 12.9. The zero-order chi connectivity index (χ0) is 23.4. The summed E-state index contributed by atoms with van der Waals surface area (Å²) >= 11 is 0. The lowest BCUT2D eigenvalue weighted by Crippen LogP contribution is -2.36. The smallest absolute Gasteiger partial charge is 0.269 e. The standard InChI is InChI=1S/C26H26N4O3/c1-17-11-12-22(18(2)14-17)33-25-21(26(32)30-13-7-6-10-23(30)29-25)15-19(16-27)24(31)28-20-8-4-3-5-9-20/h6-7,10-15,20H,3-5,8-9H2,1-2H3,(H,28,31)/b19-15+. The van der Waals surface area contributed by atoms with Gasteiger partial charge in [0, 0.05) is 12.2 Å². The van der Waals surface area contributed by atoms with Crippen LogP contribution in [-0.2, 0) is 4.79 Å². The number of hydrogen-bond acceptors (Lipinski definition) is 5. The summed E-state index contributed by atoms with van der Waals surface area (Å²) in [5, 5.41) is 12.6. The average Bonchev–Trinajstić information content (AvgIpc) is 2.81. The van der Waals surface area contributed by atoms with Crippen LogP contribution >= 0.6 is 0 Å². The quantitative estimate of drug-likeness (QED) is 0.465. The topological polar surface area (TPSA) is 96.5 Å². The van der Waals surface area contributed by atoms with E-state index < -0.39 is 11.5 Å². The van der Waals surface area contributed by atoms with Gasteiger partial charge in [0.25, 0.3) is 11.5 Å². The van der Waals surface area contributed by atoms with Gasteiger partial charge in [0.05, 0.1) is 0 Å². The number of fused-ring (bicyclic) bond motifs is 1. The molecule has 0 atom stereocenters. The van der Waals surface area contributed by atoms with E-state index in [2.05, 4.69) is 10.3 Å². The highest BCUT2D eigenvalue weighted by molar-refractivity contribution is 6.02. The van der Waals surface area contributed by atoms with Crippen molar-refractivity contribution in [1.82, 2.24) is 14.7 Å². The molecule has 1 fully saturated rings. The fraction of sp³-hybridized carbons (Fsp3) is 0.308. The van der Waals surface area contributed by atoms with Gasteiger partial charge in [0.15, 0.2) is 0 Å². The van der Waals surface area contributed by atoms with Crippen LogP contribution in [0.5, 0.6) is 11.6 Å². The molecule has 0 aliphatic heterocycles. The van der Waals surface area contributed by atoms with Crippen molar-refractivity contribution in [2.45, 2.75) is 52.0 Å². The highest BCUT2D eigenvalue weighted by atomic mass is 16.5. The van der Waals surface area contributed by atoms with E-state index in [-0.39, 0.29) is 23.1 Å². The van der Waals surface area contributed by atoms with Crippen molar-refractivity contribution in [3.8, 4) is 17.7 Å². The minimum Gasteiger partial charge on any atom is -0.438 e. The molecule has 168 valence electrons. The predicted octanol–water partition coefficient (Wildman–Crippen LogP) is 4.46. The van der Waals surface area contributed by atoms with Gasteiger partial charge in [-0.15, -0.1) is 0 Å². The first-order valence-corrected chi connectivity index (χ1v) is 11.2. The zero-order valence-corrected chi connectivity index (χ0v) is 18.8. The fourth-order valence-corrected chi connectivity index (χ4v) is 4.10. The number of carbonyl (C=O) groups is 1. The first-order chi connectivity index (χ1) is 16.0. The van der Waals surface area contributed by atoms with Gasteiger partial charge in [-0.25, -0.2) is 0 Å². The van der Waals surface area contributed by atoms with Crippen LogP contribution in [0.3, 0.4) is 0 Å². The molecule has 33 heavy (non-hydrogen) atoms. The number of nitrogens with one attached hydrogen (secondary N) is 1. The normalized spacial score (nSPS) is 14.6. The number of aryl methyl sites for hydroxylation is 2. The van der Waals surface area contributed by atoms with Crippen molar-refractivity contribution < 1.29 is 9.53 Å². The second-order valence-electron chi connectivity index (χ2n) is 8.41. The Balaban J connectivity index is 1.77. The van der Waals surface area contributed by atoms with Crippen LogP contribution in [0, 0.1) is 25.2 Å². The Morgan fingerprint density at radius 3 is 2.73 bits per heavy atom. The molecule has 0 radical (unpaired) electrons. The van der Waals surface area contributed by atoms with Crippen LogP contribution in [0.2, 0.25) is 0 Å². The molecule has 1 aliphatic carbocycles. The van der Waals surface area contributed by atoms with Crippen molar-refractivity contribution in [3.05, 3.63) is 75.2 Å². The molecule has 2 aromatic heterocycles. The number of hydrogen-bond donors (Lipinski definition) is 1. The van der Waals surface area contributed by atoms with E-state index >= 15 is 0 Å². The number of nitriles is 1. The molecule has 1 aromatic carbocycles. The molecule has 0 bridgehead atoms. The van der Waals surface area contributed by atoms with Gasteiger partial charge in [-0.2, -0.15) is 10.2 Å². The predicted molar refractivity (Wildman–Crippen MR) is 126 cm³/mol. The lowest BCUT2D eigenvalue weighted by atomic mass is 9.95. The van der Waals surface area contributed by atoms with Crippen LogP contribution in [0.25, 0.3) is 11.7 Å². The first-order valence-electron chi connectivity index (χ1n) is 11.2. The molecule has 7 heteroatoms. The fourth-order valence-electron chi connectivity index (χ4n) is 4.10. The minimum atomic E-state index is -0.487. The maximum Gasteiger partial charge on any atom is 0.269 e. The molecule has 1 saturated carbocycles. The largest absolute Gasteiger partial charge is 0.438 e. The molecule has 1 N–H and O–H groups in total. The monoisotopic (exact) mass is 442 g/mol. The van der Waals surface area contributed by atoms with Gasteiger partial charge in [0.2, 0.25) is 5.88 Å². The second kappa shape index (κ2) is 9.70. The van der Waals surface area contributed by atoms with E-state index in [0.29, 0.717) is 11.4 Å². The van der Waals surface area contributed by atoms with Crippen LogP contribution < -0.4 is 15.6 Å². The molecule has 7 nitrogen and oxygen atoms in total. The average molecular weight is 443 g/mol.